The topological polar surface area (TPSA) is 47.6 Å². The van der Waals surface area contributed by atoms with Crippen LogP contribution in [0.15, 0.2) is 41.8 Å². The summed E-state index contributed by atoms with van der Waals surface area (Å²) in [6.07, 6.45) is 0. The van der Waals surface area contributed by atoms with Crippen molar-refractivity contribution in [1.29, 1.82) is 0 Å². The maximum atomic E-state index is 11.9. The van der Waals surface area contributed by atoms with Gasteiger partial charge in [-0.1, -0.05) is 18.2 Å². The molecule has 0 saturated carbocycles. The molecule has 0 radical (unpaired) electrons. The third-order valence-electron chi connectivity index (χ3n) is 2.92. The lowest BCUT2D eigenvalue weighted by Gasteiger charge is -2.17. The second-order valence-corrected chi connectivity index (χ2v) is 5.23. The Morgan fingerprint density at radius 2 is 2.15 bits per heavy atom. The lowest BCUT2D eigenvalue weighted by atomic mass is 10.1. The van der Waals surface area contributed by atoms with Crippen molar-refractivity contribution in [1.82, 2.24) is 5.32 Å². The SMILES string of the molecule is COC(=O)C(NCc1cccs1)c1cccc(OC)c1. The van der Waals surface area contributed by atoms with Crippen LogP contribution in [0.4, 0.5) is 0 Å². The molecular formula is C15H17NO3S. The predicted octanol–water partition coefficient (Wildman–Crippen LogP) is 2.76. The number of methoxy groups -OCH3 is 2. The highest BCUT2D eigenvalue weighted by Crippen LogP contribution is 2.21. The average molecular weight is 291 g/mol. The van der Waals surface area contributed by atoms with Gasteiger partial charge in [-0.3, -0.25) is 5.32 Å². The van der Waals surface area contributed by atoms with Crippen LogP contribution in [0.2, 0.25) is 0 Å². The molecule has 0 aliphatic rings. The molecule has 4 nitrogen and oxygen atoms in total. The predicted molar refractivity (Wildman–Crippen MR) is 78.9 cm³/mol. The van der Waals surface area contributed by atoms with Gasteiger partial charge >= 0.3 is 5.97 Å². The number of ether oxygens (including phenoxy) is 2. The Bertz CT molecular complexity index is 554. The zero-order valence-electron chi connectivity index (χ0n) is 11.5. The van der Waals surface area contributed by atoms with Crippen LogP contribution in [-0.2, 0) is 16.1 Å². The van der Waals surface area contributed by atoms with Crippen LogP contribution in [0, 0.1) is 0 Å². The van der Waals surface area contributed by atoms with E-state index in [1.54, 1.807) is 18.4 Å². The second-order valence-electron chi connectivity index (χ2n) is 4.19. The quantitative estimate of drug-likeness (QED) is 0.831. The molecule has 0 aliphatic heterocycles. The normalized spacial score (nSPS) is 11.9. The fourth-order valence-corrected chi connectivity index (χ4v) is 2.55. The molecular weight excluding hydrogens is 274 g/mol. The van der Waals surface area contributed by atoms with E-state index in [1.165, 1.54) is 12.0 Å². The summed E-state index contributed by atoms with van der Waals surface area (Å²) in [5.41, 5.74) is 0.827. The van der Waals surface area contributed by atoms with Crippen LogP contribution in [0.25, 0.3) is 0 Å². The molecule has 1 aromatic heterocycles. The van der Waals surface area contributed by atoms with E-state index < -0.39 is 6.04 Å². The van der Waals surface area contributed by atoms with Gasteiger partial charge in [0, 0.05) is 11.4 Å². The van der Waals surface area contributed by atoms with Gasteiger partial charge in [0.15, 0.2) is 0 Å². The summed E-state index contributed by atoms with van der Waals surface area (Å²) in [6.45, 7) is 0.620. The Morgan fingerprint density at radius 3 is 2.80 bits per heavy atom. The third-order valence-corrected chi connectivity index (χ3v) is 3.80. The maximum Gasteiger partial charge on any atom is 0.327 e. The van der Waals surface area contributed by atoms with Crippen molar-refractivity contribution in [3.8, 4) is 5.75 Å². The number of thiophene rings is 1. The van der Waals surface area contributed by atoms with Crippen molar-refractivity contribution >= 4 is 17.3 Å². The molecule has 1 heterocycles. The van der Waals surface area contributed by atoms with Crippen LogP contribution >= 0.6 is 11.3 Å². The van der Waals surface area contributed by atoms with Gasteiger partial charge in [-0.25, -0.2) is 4.79 Å². The Balaban J connectivity index is 2.15. The minimum atomic E-state index is -0.503. The van der Waals surface area contributed by atoms with Gasteiger partial charge in [0.25, 0.3) is 0 Å². The zero-order valence-corrected chi connectivity index (χ0v) is 12.3. The van der Waals surface area contributed by atoms with Gasteiger partial charge in [-0.15, -0.1) is 11.3 Å². The number of benzene rings is 1. The molecule has 106 valence electrons. The number of esters is 1. The molecule has 0 aliphatic carbocycles. The van der Waals surface area contributed by atoms with E-state index in [2.05, 4.69) is 5.32 Å². The second kappa shape index (κ2) is 7.07. The minimum absolute atomic E-state index is 0.310. The van der Waals surface area contributed by atoms with Gasteiger partial charge in [0.1, 0.15) is 11.8 Å². The van der Waals surface area contributed by atoms with Crippen molar-refractivity contribution in [3.05, 3.63) is 52.2 Å². The van der Waals surface area contributed by atoms with Gasteiger partial charge < -0.3 is 9.47 Å². The number of carbonyl (C=O) groups is 1. The molecule has 5 heteroatoms. The molecule has 20 heavy (non-hydrogen) atoms. The summed E-state index contributed by atoms with van der Waals surface area (Å²) in [5.74, 6) is 0.407. The Labute approximate surface area is 122 Å². The average Bonchev–Trinajstić information content (AvgIpc) is 3.00. The molecule has 0 saturated heterocycles. The fourth-order valence-electron chi connectivity index (χ4n) is 1.89. The summed E-state index contributed by atoms with van der Waals surface area (Å²) in [5, 5.41) is 5.23. The van der Waals surface area contributed by atoms with Crippen molar-refractivity contribution in [2.75, 3.05) is 14.2 Å². The molecule has 1 N–H and O–H groups in total. The van der Waals surface area contributed by atoms with Gasteiger partial charge in [-0.2, -0.15) is 0 Å². The highest BCUT2D eigenvalue weighted by molar-refractivity contribution is 7.09. The zero-order chi connectivity index (χ0) is 14.4. The molecule has 1 unspecified atom stereocenters. The van der Waals surface area contributed by atoms with Crippen LogP contribution in [0.5, 0.6) is 5.75 Å². The Hall–Kier alpha value is -1.85. The highest BCUT2D eigenvalue weighted by Gasteiger charge is 2.21. The van der Waals surface area contributed by atoms with Crippen LogP contribution < -0.4 is 10.1 Å². The standard InChI is InChI=1S/C15H17NO3S/c1-18-12-6-3-5-11(9-12)14(15(17)19-2)16-10-13-7-4-8-20-13/h3-9,14,16H,10H2,1-2H3. The first-order valence-corrected chi connectivity index (χ1v) is 7.10. The number of hydrogen-bond donors (Lipinski definition) is 1. The summed E-state index contributed by atoms with van der Waals surface area (Å²) in [4.78, 5) is 13.1. The van der Waals surface area contributed by atoms with Gasteiger partial charge in [0.2, 0.25) is 0 Å². The molecule has 0 amide bonds. The van der Waals surface area contributed by atoms with E-state index >= 15 is 0 Å². The molecule has 0 spiro atoms. The number of nitrogens with one attached hydrogen (secondary N) is 1. The Kier molecular flexibility index (Phi) is 5.15. The van der Waals surface area contributed by atoms with Crippen molar-refractivity contribution in [3.63, 3.8) is 0 Å². The van der Waals surface area contributed by atoms with Crippen LogP contribution in [0.3, 0.4) is 0 Å². The van der Waals surface area contributed by atoms with E-state index in [0.717, 1.165) is 5.56 Å². The highest BCUT2D eigenvalue weighted by atomic mass is 32.1. The molecule has 0 fully saturated rings. The summed E-state index contributed by atoms with van der Waals surface area (Å²) in [6, 6.07) is 10.9. The fraction of sp³-hybridized carbons (Fsp3) is 0.267. The first kappa shape index (κ1) is 14.6. The Morgan fingerprint density at radius 1 is 1.30 bits per heavy atom. The van der Waals surface area contributed by atoms with E-state index in [0.29, 0.717) is 12.3 Å². The summed E-state index contributed by atoms with van der Waals surface area (Å²) in [7, 11) is 2.99. The van der Waals surface area contributed by atoms with Gasteiger partial charge in [0.05, 0.1) is 14.2 Å². The molecule has 0 bridgehead atoms. The van der Waals surface area contributed by atoms with Crippen molar-refractivity contribution in [2.45, 2.75) is 12.6 Å². The minimum Gasteiger partial charge on any atom is -0.497 e. The number of hydrogen-bond acceptors (Lipinski definition) is 5. The molecule has 1 atom stereocenters. The first-order valence-electron chi connectivity index (χ1n) is 6.22. The summed E-state index contributed by atoms with van der Waals surface area (Å²) < 4.78 is 10.1. The van der Waals surface area contributed by atoms with Crippen LogP contribution in [-0.4, -0.2) is 20.2 Å². The van der Waals surface area contributed by atoms with Crippen molar-refractivity contribution < 1.29 is 14.3 Å². The maximum absolute atomic E-state index is 11.9. The summed E-state index contributed by atoms with van der Waals surface area (Å²) >= 11 is 1.65. The van der Waals surface area contributed by atoms with Gasteiger partial charge in [-0.05, 0) is 29.1 Å². The van der Waals surface area contributed by atoms with Crippen molar-refractivity contribution in [2.24, 2.45) is 0 Å². The largest absolute Gasteiger partial charge is 0.497 e. The molecule has 1 aromatic carbocycles. The molecule has 2 rings (SSSR count). The van der Waals surface area contributed by atoms with E-state index in [-0.39, 0.29) is 5.97 Å². The first-order chi connectivity index (χ1) is 9.74. The van der Waals surface area contributed by atoms with E-state index in [4.69, 9.17) is 9.47 Å². The van der Waals surface area contributed by atoms with Crippen LogP contribution in [0.1, 0.15) is 16.5 Å². The monoisotopic (exact) mass is 291 g/mol. The third kappa shape index (κ3) is 3.59. The number of carbonyl (C=O) groups excluding carboxylic acids is 1. The van der Waals surface area contributed by atoms with E-state index in [9.17, 15) is 4.79 Å². The lowest BCUT2D eigenvalue weighted by Crippen LogP contribution is -2.29. The number of rotatable bonds is 6. The molecule has 2 aromatic rings. The smallest absolute Gasteiger partial charge is 0.327 e. The lowest BCUT2D eigenvalue weighted by molar-refractivity contribution is -0.143. The van der Waals surface area contributed by atoms with E-state index in [1.807, 2.05) is 41.8 Å².